The van der Waals surface area contributed by atoms with Gasteiger partial charge in [0.1, 0.15) is 11.9 Å². The minimum Gasteiger partial charge on any atom is -0.391 e. The van der Waals surface area contributed by atoms with Crippen LogP contribution in [0.4, 0.5) is 9.18 Å². The topological polar surface area (TPSA) is 78.7 Å². The second kappa shape index (κ2) is 6.75. The molecular formula is C21H21FN4O4. The minimum atomic E-state index is -0.651. The highest BCUT2D eigenvalue weighted by Crippen LogP contribution is 2.31. The molecule has 0 aliphatic carbocycles. The van der Waals surface area contributed by atoms with Gasteiger partial charge in [-0.1, -0.05) is 0 Å². The second-order valence-corrected chi connectivity index (χ2v) is 8.00. The van der Waals surface area contributed by atoms with E-state index in [9.17, 15) is 9.18 Å². The molecule has 0 radical (unpaired) electrons. The Balaban J connectivity index is 1.46. The number of pyridine rings is 1. The van der Waals surface area contributed by atoms with Gasteiger partial charge in [-0.3, -0.25) is 0 Å². The third-order valence-corrected chi connectivity index (χ3v) is 5.25. The van der Waals surface area contributed by atoms with Crippen LogP contribution in [-0.2, 0) is 16.0 Å². The first-order chi connectivity index (χ1) is 14.3. The van der Waals surface area contributed by atoms with Crippen LogP contribution >= 0.6 is 0 Å². The average Bonchev–Trinajstić information content (AvgIpc) is 3.20. The van der Waals surface area contributed by atoms with Gasteiger partial charge in [-0.05, 0) is 51.1 Å². The van der Waals surface area contributed by atoms with Crippen molar-refractivity contribution >= 4 is 17.1 Å². The fourth-order valence-corrected chi connectivity index (χ4v) is 3.83. The van der Waals surface area contributed by atoms with Gasteiger partial charge in [0.25, 0.3) is 0 Å². The lowest BCUT2D eigenvalue weighted by molar-refractivity contribution is -0.140. The Kier molecular flexibility index (Phi) is 4.26. The van der Waals surface area contributed by atoms with Gasteiger partial charge in [0, 0.05) is 10.9 Å². The number of nitrogens with zero attached hydrogens (tertiary/aromatic N) is 4. The van der Waals surface area contributed by atoms with E-state index < -0.39 is 11.9 Å². The molecule has 0 unspecified atom stereocenters. The summed E-state index contributed by atoms with van der Waals surface area (Å²) in [6, 6.07) is 7.92. The lowest BCUT2D eigenvalue weighted by Gasteiger charge is -2.29. The third-order valence-electron chi connectivity index (χ3n) is 5.25. The van der Waals surface area contributed by atoms with E-state index in [2.05, 4.69) is 10.1 Å². The van der Waals surface area contributed by atoms with Gasteiger partial charge in [-0.2, -0.15) is 10.1 Å². The summed E-state index contributed by atoms with van der Waals surface area (Å²) in [7, 11) is 0. The van der Waals surface area contributed by atoms with Crippen LogP contribution in [0, 0.1) is 12.7 Å². The summed E-state index contributed by atoms with van der Waals surface area (Å²) >= 11 is 0. The van der Waals surface area contributed by atoms with Crippen molar-refractivity contribution < 1.29 is 23.4 Å². The van der Waals surface area contributed by atoms with Crippen molar-refractivity contribution in [3.8, 4) is 11.6 Å². The maximum Gasteiger partial charge on any atom is 0.416 e. The summed E-state index contributed by atoms with van der Waals surface area (Å²) < 4.78 is 31.8. The molecule has 2 aliphatic rings. The van der Waals surface area contributed by atoms with Crippen LogP contribution in [0.25, 0.3) is 16.7 Å². The van der Waals surface area contributed by atoms with Crippen LogP contribution < -0.4 is 4.74 Å². The first-order valence-corrected chi connectivity index (χ1v) is 9.73. The molecule has 4 heterocycles. The number of carbonyl (C=O) groups excluding carboxylic acids is 1. The maximum absolute atomic E-state index is 13.3. The molecule has 9 heteroatoms. The zero-order valence-corrected chi connectivity index (χ0v) is 16.9. The zero-order chi connectivity index (χ0) is 21.0. The molecule has 1 saturated heterocycles. The Bertz CT molecular complexity index is 1140. The SMILES string of the molecule is Cc1nn(-c2ccc(F)cc2)c2nc3c(cc12)CN(C[C@@H]1COC(C)(C)O1)C(=O)O3. The number of fused-ring (bicyclic) bond motifs is 2. The maximum atomic E-state index is 13.3. The monoisotopic (exact) mass is 412 g/mol. The molecule has 0 spiro atoms. The predicted octanol–water partition coefficient (Wildman–Crippen LogP) is 3.33. The molecule has 2 aromatic heterocycles. The molecule has 1 fully saturated rings. The Morgan fingerprint density at radius 2 is 2.03 bits per heavy atom. The smallest absolute Gasteiger partial charge is 0.391 e. The number of hydrogen-bond donors (Lipinski definition) is 0. The number of halogens is 1. The van der Waals surface area contributed by atoms with Crippen LogP contribution in [0.2, 0.25) is 0 Å². The standard InChI is InChI=1S/C21H21FN4O4/c1-12-17-8-13-9-25(10-16-11-28-21(2,3)30-16)20(27)29-19(13)23-18(17)26(24-12)15-6-4-14(22)5-7-15/h4-8,16H,9-11H2,1-3H3/t16-/m1/s1. The fraction of sp³-hybridized carbons (Fsp3) is 0.381. The zero-order valence-electron chi connectivity index (χ0n) is 16.9. The van der Waals surface area contributed by atoms with Crippen LogP contribution in [-0.4, -0.2) is 50.8 Å². The molecule has 2 aliphatic heterocycles. The highest BCUT2D eigenvalue weighted by Gasteiger charge is 2.36. The summed E-state index contributed by atoms with van der Waals surface area (Å²) in [6.07, 6.45) is -0.694. The third kappa shape index (κ3) is 3.29. The molecule has 0 bridgehead atoms. The Hall–Kier alpha value is -3.04. The first-order valence-electron chi connectivity index (χ1n) is 9.73. The highest BCUT2D eigenvalue weighted by atomic mass is 19.1. The van der Waals surface area contributed by atoms with Gasteiger partial charge in [-0.25, -0.2) is 13.9 Å². The number of hydrogen-bond acceptors (Lipinski definition) is 6. The molecular weight excluding hydrogens is 391 g/mol. The normalized spacial score (nSPS) is 20.5. The van der Waals surface area contributed by atoms with Gasteiger partial charge in [0.2, 0.25) is 5.88 Å². The van der Waals surface area contributed by atoms with Gasteiger partial charge in [0.15, 0.2) is 11.4 Å². The summed E-state index contributed by atoms with van der Waals surface area (Å²) in [4.78, 5) is 18.7. The van der Waals surface area contributed by atoms with Gasteiger partial charge in [-0.15, -0.1) is 0 Å². The van der Waals surface area contributed by atoms with Crippen molar-refractivity contribution in [2.75, 3.05) is 13.2 Å². The van der Waals surface area contributed by atoms with Crippen molar-refractivity contribution in [3.63, 3.8) is 0 Å². The number of benzene rings is 1. The van der Waals surface area contributed by atoms with Crippen molar-refractivity contribution in [1.29, 1.82) is 0 Å². The Morgan fingerprint density at radius 1 is 1.27 bits per heavy atom. The van der Waals surface area contributed by atoms with Crippen LogP contribution in [0.15, 0.2) is 30.3 Å². The highest BCUT2D eigenvalue weighted by molar-refractivity contribution is 5.83. The van der Waals surface area contributed by atoms with Gasteiger partial charge < -0.3 is 19.1 Å². The number of rotatable bonds is 3. The molecule has 3 aromatic rings. The van der Waals surface area contributed by atoms with E-state index in [0.29, 0.717) is 31.0 Å². The molecule has 0 saturated carbocycles. The summed E-state index contributed by atoms with van der Waals surface area (Å²) in [5.41, 5.74) is 2.80. The first kappa shape index (κ1) is 19.0. The quantitative estimate of drug-likeness (QED) is 0.657. The molecule has 8 nitrogen and oxygen atoms in total. The van der Waals surface area contributed by atoms with E-state index in [1.807, 2.05) is 26.8 Å². The van der Waals surface area contributed by atoms with Gasteiger partial charge >= 0.3 is 6.09 Å². The Labute approximate surface area is 172 Å². The minimum absolute atomic E-state index is 0.214. The lowest BCUT2D eigenvalue weighted by atomic mass is 10.1. The van der Waals surface area contributed by atoms with E-state index >= 15 is 0 Å². The lowest BCUT2D eigenvalue weighted by Crippen LogP contribution is -2.42. The summed E-state index contributed by atoms with van der Waals surface area (Å²) in [6.45, 7) is 6.73. The molecule has 5 rings (SSSR count). The second-order valence-electron chi connectivity index (χ2n) is 8.00. The molecule has 0 N–H and O–H groups in total. The number of amides is 1. The molecule has 1 amide bonds. The van der Waals surface area contributed by atoms with Crippen LogP contribution in [0.5, 0.6) is 5.88 Å². The van der Waals surface area contributed by atoms with Crippen molar-refractivity contribution in [2.45, 2.75) is 39.2 Å². The predicted molar refractivity (Wildman–Crippen MR) is 105 cm³/mol. The number of ether oxygens (including phenoxy) is 3. The number of carbonyl (C=O) groups is 1. The fourth-order valence-electron chi connectivity index (χ4n) is 3.83. The average molecular weight is 412 g/mol. The van der Waals surface area contributed by atoms with E-state index in [1.54, 1.807) is 21.7 Å². The summed E-state index contributed by atoms with van der Waals surface area (Å²) in [5, 5.41) is 5.38. The number of aromatic nitrogens is 3. The Morgan fingerprint density at radius 3 is 2.73 bits per heavy atom. The van der Waals surface area contributed by atoms with Crippen molar-refractivity contribution in [2.24, 2.45) is 0 Å². The van der Waals surface area contributed by atoms with E-state index in [0.717, 1.165) is 16.6 Å². The van der Waals surface area contributed by atoms with E-state index in [4.69, 9.17) is 14.2 Å². The molecule has 30 heavy (non-hydrogen) atoms. The van der Waals surface area contributed by atoms with Crippen molar-refractivity contribution in [3.05, 3.63) is 47.4 Å². The molecule has 1 aromatic carbocycles. The van der Waals surface area contributed by atoms with Crippen LogP contribution in [0.1, 0.15) is 25.1 Å². The van der Waals surface area contributed by atoms with Gasteiger partial charge in [0.05, 0.1) is 31.1 Å². The summed E-state index contributed by atoms with van der Waals surface area (Å²) in [5.74, 6) is -0.718. The molecule has 1 atom stereocenters. The number of aryl methyl sites for hydroxylation is 1. The van der Waals surface area contributed by atoms with Crippen LogP contribution in [0.3, 0.4) is 0 Å². The van der Waals surface area contributed by atoms with Crippen molar-refractivity contribution in [1.82, 2.24) is 19.7 Å². The van der Waals surface area contributed by atoms with E-state index in [-0.39, 0.29) is 17.8 Å². The largest absolute Gasteiger partial charge is 0.416 e. The van der Waals surface area contributed by atoms with E-state index in [1.165, 1.54) is 12.1 Å². The molecule has 156 valence electrons.